The van der Waals surface area contributed by atoms with Crippen molar-refractivity contribution in [2.24, 2.45) is 5.41 Å². The fourth-order valence-corrected chi connectivity index (χ4v) is 3.53. The van der Waals surface area contributed by atoms with E-state index in [1.807, 2.05) is 0 Å². The molecule has 0 saturated carbocycles. The van der Waals surface area contributed by atoms with Crippen molar-refractivity contribution in [2.45, 2.75) is 32.7 Å². The van der Waals surface area contributed by atoms with E-state index in [0.717, 1.165) is 13.0 Å². The predicted molar refractivity (Wildman–Crippen MR) is 87.6 cm³/mol. The van der Waals surface area contributed by atoms with Gasteiger partial charge in [-0.15, -0.1) is 0 Å². The van der Waals surface area contributed by atoms with Crippen molar-refractivity contribution >= 4 is 11.6 Å². The summed E-state index contributed by atoms with van der Waals surface area (Å²) in [5.41, 5.74) is 0.575. The minimum absolute atomic E-state index is 0.162. The number of likely N-dealkylation sites (tertiary alicyclic amines) is 1. The summed E-state index contributed by atoms with van der Waals surface area (Å²) < 4.78 is 1.34. The van der Waals surface area contributed by atoms with Gasteiger partial charge in [-0.05, 0) is 44.0 Å². The molecule has 2 N–H and O–H groups in total. The molecular weight excluding hydrogens is 294 g/mol. The lowest BCUT2D eigenvalue weighted by molar-refractivity contribution is 0.0556. The average molecular weight is 317 g/mol. The van der Waals surface area contributed by atoms with E-state index in [-0.39, 0.29) is 17.0 Å². The highest BCUT2D eigenvalue weighted by Crippen LogP contribution is 2.33. The van der Waals surface area contributed by atoms with Crippen molar-refractivity contribution < 1.29 is 4.79 Å². The van der Waals surface area contributed by atoms with Gasteiger partial charge in [-0.2, -0.15) is 5.10 Å². The van der Waals surface area contributed by atoms with E-state index >= 15 is 0 Å². The molecule has 3 rings (SSSR count). The molecule has 1 aliphatic heterocycles. The van der Waals surface area contributed by atoms with Crippen molar-refractivity contribution in [2.75, 3.05) is 20.1 Å². The molecule has 1 amide bonds. The lowest BCUT2D eigenvalue weighted by atomic mass is 9.76. The van der Waals surface area contributed by atoms with Crippen LogP contribution in [0.1, 0.15) is 37.0 Å². The van der Waals surface area contributed by atoms with E-state index in [2.05, 4.69) is 41.3 Å². The number of aromatic amines is 1. The number of carbonyl (C=O) groups is 1. The SMILES string of the molecule is CN1CCCC(C)(C)C1CNC(=O)c1cccn2c(=O)[nH]nc12. The van der Waals surface area contributed by atoms with Gasteiger partial charge >= 0.3 is 5.69 Å². The third-order valence-corrected chi connectivity index (χ3v) is 4.91. The second kappa shape index (κ2) is 5.81. The Morgan fingerprint density at radius 3 is 3.04 bits per heavy atom. The molecule has 0 aliphatic carbocycles. The van der Waals surface area contributed by atoms with Crippen LogP contribution in [-0.4, -0.2) is 51.6 Å². The molecule has 0 spiro atoms. The fraction of sp³-hybridized carbons (Fsp3) is 0.562. The quantitative estimate of drug-likeness (QED) is 0.880. The number of carbonyl (C=O) groups excluding carboxylic acids is 1. The molecule has 1 saturated heterocycles. The summed E-state index contributed by atoms with van der Waals surface area (Å²) in [5, 5.41) is 9.30. The topological polar surface area (TPSA) is 82.5 Å². The van der Waals surface area contributed by atoms with Crippen molar-refractivity contribution in [1.82, 2.24) is 24.8 Å². The number of piperidine rings is 1. The Kier molecular flexibility index (Phi) is 3.97. The summed E-state index contributed by atoms with van der Waals surface area (Å²) in [5.74, 6) is -0.204. The van der Waals surface area contributed by atoms with Crippen LogP contribution in [0.3, 0.4) is 0 Å². The number of nitrogens with one attached hydrogen (secondary N) is 2. The second-order valence-corrected chi connectivity index (χ2v) is 6.94. The first-order chi connectivity index (χ1) is 10.9. The molecule has 23 heavy (non-hydrogen) atoms. The van der Waals surface area contributed by atoms with Crippen LogP contribution in [0.5, 0.6) is 0 Å². The summed E-state index contributed by atoms with van der Waals surface area (Å²) >= 11 is 0. The molecule has 0 radical (unpaired) electrons. The number of hydrogen-bond acceptors (Lipinski definition) is 4. The standard InChI is InChI=1S/C16H23N5O2/c1-16(2)7-5-8-20(3)12(16)10-17-14(22)11-6-4-9-21-13(11)18-19-15(21)23/h4,6,9,12H,5,7-8,10H2,1-3H3,(H,17,22)(H,19,23). The van der Waals surface area contributed by atoms with E-state index in [9.17, 15) is 9.59 Å². The highest BCUT2D eigenvalue weighted by atomic mass is 16.2. The summed E-state index contributed by atoms with van der Waals surface area (Å²) in [7, 11) is 2.10. The van der Waals surface area contributed by atoms with Crippen LogP contribution in [0.25, 0.3) is 5.65 Å². The molecular formula is C16H23N5O2. The maximum Gasteiger partial charge on any atom is 0.347 e. The second-order valence-electron chi connectivity index (χ2n) is 6.94. The first-order valence-electron chi connectivity index (χ1n) is 7.94. The third kappa shape index (κ3) is 2.88. The molecule has 0 aromatic carbocycles. The van der Waals surface area contributed by atoms with Crippen molar-refractivity contribution in [3.8, 4) is 0 Å². The van der Waals surface area contributed by atoms with Crippen LogP contribution >= 0.6 is 0 Å². The lowest BCUT2D eigenvalue weighted by Crippen LogP contribution is -2.53. The van der Waals surface area contributed by atoms with Crippen LogP contribution in [-0.2, 0) is 0 Å². The average Bonchev–Trinajstić information content (AvgIpc) is 2.87. The van der Waals surface area contributed by atoms with Gasteiger partial charge in [0.1, 0.15) is 0 Å². The Morgan fingerprint density at radius 2 is 2.30 bits per heavy atom. The summed E-state index contributed by atoms with van der Waals surface area (Å²) in [6.07, 6.45) is 3.93. The summed E-state index contributed by atoms with van der Waals surface area (Å²) in [6.45, 7) is 6.12. The molecule has 124 valence electrons. The van der Waals surface area contributed by atoms with E-state index in [1.165, 1.54) is 10.8 Å². The molecule has 1 unspecified atom stereocenters. The van der Waals surface area contributed by atoms with E-state index < -0.39 is 0 Å². The minimum Gasteiger partial charge on any atom is -0.350 e. The fourth-order valence-electron chi connectivity index (χ4n) is 3.53. The Hall–Kier alpha value is -2.15. The third-order valence-electron chi connectivity index (χ3n) is 4.91. The first kappa shape index (κ1) is 15.7. The van der Waals surface area contributed by atoms with Crippen LogP contribution in [0.4, 0.5) is 0 Å². The van der Waals surface area contributed by atoms with Gasteiger partial charge in [0.15, 0.2) is 5.65 Å². The Balaban J connectivity index is 1.77. The van der Waals surface area contributed by atoms with E-state index in [4.69, 9.17) is 0 Å². The highest BCUT2D eigenvalue weighted by molar-refractivity contribution is 5.99. The number of aromatic nitrogens is 3. The molecule has 1 aliphatic rings. The van der Waals surface area contributed by atoms with Crippen molar-refractivity contribution in [3.63, 3.8) is 0 Å². The number of fused-ring (bicyclic) bond motifs is 1. The van der Waals surface area contributed by atoms with Gasteiger partial charge in [-0.1, -0.05) is 13.8 Å². The molecule has 2 aromatic heterocycles. The zero-order valence-corrected chi connectivity index (χ0v) is 13.8. The molecule has 2 aromatic rings. The lowest BCUT2D eigenvalue weighted by Gasteiger charge is -2.45. The van der Waals surface area contributed by atoms with Crippen LogP contribution in [0.2, 0.25) is 0 Å². The largest absolute Gasteiger partial charge is 0.350 e. The van der Waals surface area contributed by atoms with Gasteiger partial charge in [0, 0.05) is 18.8 Å². The summed E-state index contributed by atoms with van der Waals surface area (Å²) in [6, 6.07) is 3.65. The zero-order valence-electron chi connectivity index (χ0n) is 13.8. The monoisotopic (exact) mass is 317 g/mol. The van der Waals surface area contributed by atoms with E-state index in [0.29, 0.717) is 23.8 Å². The number of H-pyrrole nitrogens is 1. The van der Waals surface area contributed by atoms with Gasteiger partial charge in [-0.3, -0.25) is 4.79 Å². The smallest absolute Gasteiger partial charge is 0.347 e. The Morgan fingerprint density at radius 1 is 1.52 bits per heavy atom. The van der Waals surface area contributed by atoms with Gasteiger partial charge < -0.3 is 10.2 Å². The van der Waals surface area contributed by atoms with Gasteiger partial charge in [0.25, 0.3) is 5.91 Å². The molecule has 1 atom stereocenters. The number of nitrogens with zero attached hydrogens (tertiary/aromatic N) is 3. The maximum absolute atomic E-state index is 12.5. The first-order valence-corrected chi connectivity index (χ1v) is 7.94. The van der Waals surface area contributed by atoms with Crippen LogP contribution in [0.15, 0.2) is 23.1 Å². The molecule has 0 bridgehead atoms. The number of amides is 1. The van der Waals surface area contributed by atoms with Gasteiger partial charge in [0.2, 0.25) is 0 Å². The van der Waals surface area contributed by atoms with Crippen LogP contribution in [0, 0.1) is 5.41 Å². The Labute approximate surface area is 134 Å². The zero-order chi connectivity index (χ0) is 16.6. The van der Waals surface area contributed by atoms with E-state index in [1.54, 1.807) is 18.3 Å². The molecule has 7 heteroatoms. The number of pyridine rings is 1. The maximum atomic E-state index is 12.5. The number of hydrogen-bond donors (Lipinski definition) is 2. The highest BCUT2D eigenvalue weighted by Gasteiger charge is 2.35. The molecule has 1 fully saturated rings. The predicted octanol–water partition coefficient (Wildman–Crippen LogP) is 0.873. The normalized spacial score (nSPS) is 21.4. The Bertz CT molecular complexity index is 776. The van der Waals surface area contributed by atoms with Crippen molar-refractivity contribution in [3.05, 3.63) is 34.4 Å². The number of likely N-dealkylation sites (N-methyl/N-ethyl adjacent to an activating group) is 1. The summed E-state index contributed by atoms with van der Waals surface area (Å²) in [4.78, 5) is 26.4. The minimum atomic E-state index is -0.345. The van der Waals surface area contributed by atoms with Gasteiger partial charge in [0.05, 0.1) is 5.56 Å². The number of rotatable bonds is 3. The van der Waals surface area contributed by atoms with Gasteiger partial charge in [-0.25, -0.2) is 14.3 Å². The molecule has 7 nitrogen and oxygen atoms in total. The van der Waals surface area contributed by atoms with Crippen molar-refractivity contribution in [1.29, 1.82) is 0 Å². The van der Waals surface area contributed by atoms with Crippen LogP contribution < -0.4 is 11.0 Å². The molecule has 3 heterocycles.